The first-order valence-corrected chi connectivity index (χ1v) is 9.07. The molecule has 0 fully saturated rings. The highest BCUT2D eigenvalue weighted by Crippen LogP contribution is 2.26. The Hall–Kier alpha value is -2.72. The van der Waals surface area contributed by atoms with E-state index in [1.807, 2.05) is 36.4 Å². The summed E-state index contributed by atoms with van der Waals surface area (Å²) in [4.78, 5) is 13.0. The predicted octanol–water partition coefficient (Wildman–Crippen LogP) is 5.03. The highest BCUT2D eigenvalue weighted by Gasteiger charge is 2.16. The fourth-order valence-corrected chi connectivity index (χ4v) is 3.19. The largest absolute Gasteiger partial charge is 0.372 e. The second-order valence-corrected chi connectivity index (χ2v) is 6.97. The van der Waals surface area contributed by atoms with Gasteiger partial charge in [-0.15, -0.1) is 0 Å². The van der Waals surface area contributed by atoms with E-state index in [0.29, 0.717) is 12.2 Å². The van der Waals surface area contributed by atoms with Crippen molar-refractivity contribution in [2.45, 2.75) is 33.0 Å². The molecule has 0 amide bonds. The first-order valence-electron chi connectivity index (χ1n) is 9.07. The molecule has 3 nitrogen and oxygen atoms in total. The molecule has 1 aromatic heterocycles. The molecule has 4 heteroatoms. The van der Waals surface area contributed by atoms with E-state index in [2.05, 4.69) is 13.8 Å². The molecule has 0 saturated carbocycles. The number of aromatic nitrogens is 1. The molecule has 1 heterocycles. The summed E-state index contributed by atoms with van der Waals surface area (Å²) in [5.74, 6) is -0.102. The molecule has 2 aromatic carbocycles. The Bertz CT molecular complexity index is 960. The molecular formula is C23H24FNO2. The van der Waals surface area contributed by atoms with E-state index < -0.39 is 0 Å². The van der Waals surface area contributed by atoms with Crippen LogP contribution >= 0.6 is 0 Å². The van der Waals surface area contributed by atoms with Crippen molar-refractivity contribution in [3.05, 3.63) is 93.7 Å². The Kier molecular flexibility index (Phi) is 5.87. The van der Waals surface area contributed by atoms with Gasteiger partial charge < -0.3 is 9.30 Å². The maximum Gasteiger partial charge on any atom is 0.256 e. The topological polar surface area (TPSA) is 31.2 Å². The highest BCUT2D eigenvalue weighted by atomic mass is 19.1. The Morgan fingerprint density at radius 1 is 1.00 bits per heavy atom. The summed E-state index contributed by atoms with van der Waals surface area (Å²) < 4.78 is 20.9. The average molecular weight is 365 g/mol. The number of benzene rings is 2. The van der Waals surface area contributed by atoms with E-state index in [9.17, 15) is 9.18 Å². The van der Waals surface area contributed by atoms with Crippen LogP contribution in [0.25, 0.3) is 11.1 Å². The van der Waals surface area contributed by atoms with Gasteiger partial charge in [0.25, 0.3) is 5.56 Å². The van der Waals surface area contributed by atoms with Gasteiger partial charge in [-0.05, 0) is 40.8 Å². The van der Waals surface area contributed by atoms with Crippen molar-refractivity contribution in [3.63, 3.8) is 0 Å². The predicted molar refractivity (Wildman–Crippen MR) is 106 cm³/mol. The zero-order valence-electron chi connectivity index (χ0n) is 15.9. The van der Waals surface area contributed by atoms with Gasteiger partial charge in [0.2, 0.25) is 0 Å². The van der Waals surface area contributed by atoms with E-state index in [4.69, 9.17) is 4.74 Å². The van der Waals surface area contributed by atoms with Crippen LogP contribution in [0.2, 0.25) is 0 Å². The number of pyridine rings is 1. The minimum absolute atomic E-state index is 0.0754. The summed E-state index contributed by atoms with van der Waals surface area (Å²) in [6.07, 6.45) is 0. The van der Waals surface area contributed by atoms with E-state index in [0.717, 1.165) is 22.4 Å². The van der Waals surface area contributed by atoms with Gasteiger partial charge in [0.05, 0.1) is 18.8 Å². The summed E-state index contributed by atoms with van der Waals surface area (Å²) in [7, 11) is 1.78. The molecule has 0 radical (unpaired) electrons. The second-order valence-electron chi connectivity index (χ2n) is 6.97. The van der Waals surface area contributed by atoms with Gasteiger partial charge in [0.1, 0.15) is 5.82 Å². The highest BCUT2D eigenvalue weighted by molar-refractivity contribution is 5.67. The summed E-state index contributed by atoms with van der Waals surface area (Å²) in [5, 5.41) is 0. The third-order valence-corrected chi connectivity index (χ3v) is 4.67. The van der Waals surface area contributed by atoms with E-state index in [1.54, 1.807) is 23.7 Å². The third-order valence-electron chi connectivity index (χ3n) is 4.67. The standard InChI is InChI=1S/C23H24FNO2/c1-16(2)22-13-20(18-9-11-19(24)12-10-18)21(23(26)25(22)3)15-27-14-17-7-5-4-6-8-17/h4-13,16H,14-15H2,1-3H3. The van der Waals surface area contributed by atoms with Crippen molar-refractivity contribution in [1.82, 2.24) is 4.57 Å². The van der Waals surface area contributed by atoms with Gasteiger partial charge >= 0.3 is 0 Å². The minimum atomic E-state index is -0.298. The number of ether oxygens (including phenoxy) is 1. The molecule has 0 bridgehead atoms. The Morgan fingerprint density at radius 2 is 1.67 bits per heavy atom. The molecule has 0 atom stereocenters. The lowest BCUT2D eigenvalue weighted by Crippen LogP contribution is -2.26. The Balaban J connectivity index is 1.98. The SMILES string of the molecule is CC(C)c1cc(-c2ccc(F)cc2)c(COCc2ccccc2)c(=O)n1C. The number of rotatable bonds is 6. The number of hydrogen-bond acceptors (Lipinski definition) is 2. The molecule has 0 aliphatic carbocycles. The van der Waals surface area contributed by atoms with Crippen molar-refractivity contribution >= 4 is 0 Å². The van der Waals surface area contributed by atoms with E-state index >= 15 is 0 Å². The van der Waals surface area contributed by atoms with Crippen LogP contribution in [-0.2, 0) is 25.0 Å². The molecule has 0 unspecified atom stereocenters. The van der Waals surface area contributed by atoms with Gasteiger partial charge in [0, 0.05) is 12.7 Å². The van der Waals surface area contributed by atoms with Crippen LogP contribution in [0.3, 0.4) is 0 Å². The van der Waals surface area contributed by atoms with Crippen LogP contribution in [-0.4, -0.2) is 4.57 Å². The van der Waals surface area contributed by atoms with Crippen molar-refractivity contribution < 1.29 is 9.13 Å². The summed E-state index contributed by atoms with van der Waals surface area (Å²) in [6, 6.07) is 18.1. The number of hydrogen-bond donors (Lipinski definition) is 0. The average Bonchev–Trinajstić information content (AvgIpc) is 2.66. The maximum absolute atomic E-state index is 13.4. The lowest BCUT2D eigenvalue weighted by molar-refractivity contribution is 0.106. The fraction of sp³-hybridized carbons (Fsp3) is 0.261. The smallest absolute Gasteiger partial charge is 0.256 e. The van der Waals surface area contributed by atoms with Crippen LogP contribution in [0.4, 0.5) is 4.39 Å². The van der Waals surface area contributed by atoms with Crippen LogP contribution in [0.5, 0.6) is 0 Å². The molecule has 140 valence electrons. The van der Waals surface area contributed by atoms with Crippen molar-refractivity contribution in [2.24, 2.45) is 7.05 Å². The monoisotopic (exact) mass is 365 g/mol. The van der Waals surface area contributed by atoms with Gasteiger partial charge in [-0.3, -0.25) is 4.79 Å². The van der Waals surface area contributed by atoms with Gasteiger partial charge in [0.15, 0.2) is 0 Å². The molecule has 0 spiro atoms. The minimum Gasteiger partial charge on any atom is -0.372 e. The molecule has 3 aromatic rings. The fourth-order valence-electron chi connectivity index (χ4n) is 3.19. The lowest BCUT2D eigenvalue weighted by Gasteiger charge is -2.18. The number of halogens is 1. The zero-order valence-corrected chi connectivity index (χ0v) is 15.9. The molecule has 0 saturated heterocycles. The van der Waals surface area contributed by atoms with Crippen molar-refractivity contribution in [1.29, 1.82) is 0 Å². The molecule has 3 rings (SSSR count). The number of nitrogens with zero attached hydrogens (tertiary/aromatic N) is 1. The molecular weight excluding hydrogens is 341 g/mol. The first kappa shape index (κ1) is 19.1. The quantitative estimate of drug-likeness (QED) is 0.613. The van der Waals surface area contributed by atoms with Crippen molar-refractivity contribution in [2.75, 3.05) is 0 Å². The van der Waals surface area contributed by atoms with E-state index in [-0.39, 0.29) is 23.9 Å². The lowest BCUT2D eigenvalue weighted by atomic mass is 9.97. The maximum atomic E-state index is 13.4. The molecule has 0 N–H and O–H groups in total. The molecule has 0 aliphatic heterocycles. The Morgan fingerprint density at radius 3 is 2.30 bits per heavy atom. The van der Waals surface area contributed by atoms with Gasteiger partial charge in [-0.1, -0.05) is 56.3 Å². The van der Waals surface area contributed by atoms with Crippen molar-refractivity contribution in [3.8, 4) is 11.1 Å². The van der Waals surface area contributed by atoms with Crippen LogP contribution in [0, 0.1) is 5.82 Å². The first-order chi connectivity index (χ1) is 13.0. The van der Waals surface area contributed by atoms with Crippen LogP contribution in [0.15, 0.2) is 65.5 Å². The summed E-state index contributed by atoms with van der Waals surface area (Å²) >= 11 is 0. The summed E-state index contributed by atoms with van der Waals surface area (Å²) in [6.45, 7) is 4.73. The van der Waals surface area contributed by atoms with Gasteiger partial charge in [-0.25, -0.2) is 4.39 Å². The zero-order chi connectivity index (χ0) is 19.4. The molecule has 27 heavy (non-hydrogen) atoms. The van der Waals surface area contributed by atoms with Gasteiger partial charge in [-0.2, -0.15) is 0 Å². The van der Waals surface area contributed by atoms with Crippen LogP contribution < -0.4 is 5.56 Å². The van der Waals surface area contributed by atoms with Crippen LogP contribution in [0.1, 0.15) is 36.6 Å². The summed E-state index contributed by atoms with van der Waals surface area (Å²) in [5.41, 5.74) is 4.12. The Labute approximate surface area is 159 Å². The normalized spacial score (nSPS) is 11.1. The molecule has 0 aliphatic rings. The van der Waals surface area contributed by atoms with E-state index in [1.165, 1.54) is 12.1 Å². The third kappa shape index (κ3) is 4.34. The second kappa shape index (κ2) is 8.31.